The number of carbonyl (C=O) groups excluding carboxylic acids is 1. The number of alkyl halides is 3. The Morgan fingerprint density at radius 3 is 2.22 bits per heavy atom. The molecule has 0 fully saturated rings. The van der Waals surface area contributed by atoms with E-state index in [0.29, 0.717) is 42.5 Å². The minimum absolute atomic E-state index is 0.102. The Kier molecular flexibility index (Phi) is 6.98. The minimum atomic E-state index is -4.41. The highest BCUT2D eigenvalue weighted by Crippen LogP contribution is 2.31. The third-order valence-corrected chi connectivity index (χ3v) is 4.05. The van der Waals surface area contributed by atoms with Gasteiger partial charge in [-0.05, 0) is 42.2 Å². The molecule has 0 aromatic heterocycles. The Morgan fingerprint density at radius 1 is 0.926 bits per heavy atom. The van der Waals surface area contributed by atoms with Crippen molar-refractivity contribution in [1.82, 2.24) is 5.32 Å². The molecule has 0 radical (unpaired) electrons. The van der Waals surface area contributed by atoms with E-state index in [9.17, 15) is 22.8 Å². The molecule has 0 unspecified atom stereocenters. The lowest BCUT2D eigenvalue weighted by Gasteiger charge is -2.12. The molecule has 0 atom stereocenters. The van der Waals surface area contributed by atoms with Crippen molar-refractivity contribution < 1.29 is 27.9 Å². The average Bonchev–Trinajstić information content (AvgIpc) is 2.63. The summed E-state index contributed by atoms with van der Waals surface area (Å²) in [5.41, 5.74) is 0.710. The number of hydrogen-bond acceptors (Lipinski definition) is 2. The average molecular weight is 379 g/mol. The maximum atomic E-state index is 12.7. The highest BCUT2D eigenvalue weighted by atomic mass is 19.4. The molecule has 0 aliphatic carbocycles. The summed E-state index contributed by atoms with van der Waals surface area (Å²) in [7, 11) is 0. The molecule has 0 aliphatic rings. The molecule has 144 valence electrons. The molecule has 0 heterocycles. The third kappa shape index (κ3) is 6.13. The summed E-state index contributed by atoms with van der Waals surface area (Å²) in [4.78, 5) is 22.9. The largest absolute Gasteiger partial charge is 0.481 e. The second-order valence-corrected chi connectivity index (χ2v) is 6.08. The first-order chi connectivity index (χ1) is 12.8. The van der Waals surface area contributed by atoms with Gasteiger partial charge in [0.25, 0.3) is 5.91 Å². The zero-order valence-electron chi connectivity index (χ0n) is 14.6. The fourth-order valence-corrected chi connectivity index (χ4v) is 2.65. The van der Waals surface area contributed by atoms with E-state index in [1.165, 1.54) is 12.1 Å². The number of hydrogen-bond donors (Lipinski definition) is 2. The number of amides is 1. The van der Waals surface area contributed by atoms with E-state index >= 15 is 0 Å². The van der Waals surface area contributed by atoms with E-state index in [-0.39, 0.29) is 12.3 Å². The van der Waals surface area contributed by atoms with Crippen LogP contribution in [0, 0.1) is 0 Å². The third-order valence-electron chi connectivity index (χ3n) is 4.05. The molecule has 27 heavy (non-hydrogen) atoms. The SMILES string of the molecule is O=C(O)CCCCCNC(=O)c1ccccc1-c1ccc(C(F)(F)F)cc1. The summed E-state index contributed by atoms with van der Waals surface area (Å²) in [6, 6.07) is 11.4. The van der Waals surface area contributed by atoms with Gasteiger partial charge >= 0.3 is 12.1 Å². The zero-order valence-corrected chi connectivity index (χ0v) is 14.6. The van der Waals surface area contributed by atoms with Crippen molar-refractivity contribution in [2.24, 2.45) is 0 Å². The van der Waals surface area contributed by atoms with Crippen molar-refractivity contribution >= 4 is 11.9 Å². The highest BCUT2D eigenvalue weighted by molar-refractivity contribution is 6.00. The Morgan fingerprint density at radius 2 is 1.59 bits per heavy atom. The number of aliphatic carboxylic acids is 1. The molecule has 2 rings (SSSR count). The molecular formula is C20H20F3NO3. The molecule has 7 heteroatoms. The molecule has 2 aromatic rings. The molecule has 4 nitrogen and oxygen atoms in total. The van der Waals surface area contributed by atoms with E-state index in [4.69, 9.17) is 5.11 Å². The molecule has 1 amide bonds. The lowest BCUT2D eigenvalue weighted by atomic mass is 9.98. The van der Waals surface area contributed by atoms with Crippen LogP contribution in [0.4, 0.5) is 13.2 Å². The van der Waals surface area contributed by atoms with Gasteiger partial charge in [0.1, 0.15) is 0 Å². The number of halogens is 3. The van der Waals surface area contributed by atoms with Gasteiger partial charge in [-0.2, -0.15) is 13.2 Å². The smallest absolute Gasteiger partial charge is 0.416 e. The first kappa shape index (κ1) is 20.5. The predicted molar refractivity (Wildman–Crippen MR) is 95.3 cm³/mol. The first-order valence-corrected chi connectivity index (χ1v) is 8.55. The van der Waals surface area contributed by atoms with Gasteiger partial charge in [0.05, 0.1) is 5.56 Å². The summed E-state index contributed by atoms with van der Waals surface area (Å²) >= 11 is 0. The van der Waals surface area contributed by atoms with E-state index in [1.807, 2.05) is 0 Å². The fourth-order valence-electron chi connectivity index (χ4n) is 2.65. The normalized spacial score (nSPS) is 11.2. The molecule has 0 saturated carbocycles. The van der Waals surface area contributed by atoms with Crippen LogP contribution in [0.2, 0.25) is 0 Å². The van der Waals surface area contributed by atoms with Crippen LogP contribution in [0.1, 0.15) is 41.6 Å². The van der Waals surface area contributed by atoms with Crippen LogP contribution in [0.15, 0.2) is 48.5 Å². The molecular weight excluding hydrogens is 359 g/mol. The van der Waals surface area contributed by atoms with Crippen LogP contribution in [-0.2, 0) is 11.0 Å². The maximum Gasteiger partial charge on any atom is 0.416 e. The van der Waals surface area contributed by atoms with Gasteiger partial charge in [-0.3, -0.25) is 9.59 Å². The lowest BCUT2D eigenvalue weighted by Crippen LogP contribution is -2.25. The summed E-state index contributed by atoms with van der Waals surface area (Å²) in [5, 5.41) is 11.3. The van der Waals surface area contributed by atoms with Crippen molar-refractivity contribution in [3.05, 3.63) is 59.7 Å². The first-order valence-electron chi connectivity index (χ1n) is 8.55. The van der Waals surface area contributed by atoms with Crippen molar-refractivity contribution in [2.45, 2.75) is 31.9 Å². The number of rotatable bonds is 8. The van der Waals surface area contributed by atoms with Gasteiger partial charge in [-0.25, -0.2) is 0 Å². The van der Waals surface area contributed by atoms with E-state index < -0.39 is 17.7 Å². The monoisotopic (exact) mass is 379 g/mol. The molecule has 0 bridgehead atoms. The molecule has 2 aromatic carbocycles. The summed E-state index contributed by atoms with van der Waals surface area (Å²) in [6.07, 6.45) is -2.41. The maximum absolute atomic E-state index is 12.7. The number of benzene rings is 2. The summed E-state index contributed by atoms with van der Waals surface area (Å²) in [6.45, 7) is 0.403. The van der Waals surface area contributed by atoms with Crippen LogP contribution < -0.4 is 5.32 Å². The van der Waals surface area contributed by atoms with Gasteiger partial charge in [0.15, 0.2) is 0 Å². The van der Waals surface area contributed by atoms with Crippen molar-refractivity contribution in [3.8, 4) is 11.1 Å². The quantitative estimate of drug-likeness (QED) is 0.651. The van der Waals surface area contributed by atoms with Gasteiger partial charge in [0.2, 0.25) is 0 Å². The fraction of sp³-hybridized carbons (Fsp3) is 0.300. The summed E-state index contributed by atoms with van der Waals surface area (Å²) < 4.78 is 38.1. The predicted octanol–water partition coefficient (Wildman–Crippen LogP) is 4.75. The molecule has 0 spiro atoms. The van der Waals surface area contributed by atoms with Crippen LogP contribution in [-0.4, -0.2) is 23.5 Å². The Bertz CT molecular complexity index is 786. The van der Waals surface area contributed by atoms with Crippen LogP contribution in [0.25, 0.3) is 11.1 Å². The minimum Gasteiger partial charge on any atom is -0.481 e. The van der Waals surface area contributed by atoms with Crippen molar-refractivity contribution in [3.63, 3.8) is 0 Å². The van der Waals surface area contributed by atoms with E-state index in [2.05, 4.69) is 5.32 Å². The second kappa shape index (κ2) is 9.21. The summed E-state index contributed by atoms with van der Waals surface area (Å²) in [5.74, 6) is -1.16. The van der Waals surface area contributed by atoms with Gasteiger partial charge in [-0.1, -0.05) is 36.8 Å². The highest BCUT2D eigenvalue weighted by Gasteiger charge is 2.30. The van der Waals surface area contributed by atoms with E-state index in [0.717, 1.165) is 12.1 Å². The topological polar surface area (TPSA) is 66.4 Å². The lowest BCUT2D eigenvalue weighted by molar-refractivity contribution is -0.138. The second-order valence-electron chi connectivity index (χ2n) is 6.08. The molecule has 2 N–H and O–H groups in total. The zero-order chi connectivity index (χ0) is 19.9. The number of nitrogens with one attached hydrogen (secondary N) is 1. The number of carboxylic acids is 1. The van der Waals surface area contributed by atoms with Gasteiger partial charge in [0, 0.05) is 18.5 Å². The van der Waals surface area contributed by atoms with Crippen molar-refractivity contribution in [2.75, 3.05) is 6.54 Å². The van der Waals surface area contributed by atoms with Gasteiger partial charge < -0.3 is 10.4 Å². The van der Waals surface area contributed by atoms with Crippen molar-refractivity contribution in [1.29, 1.82) is 0 Å². The Labute approximate surface area is 155 Å². The van der Waals surface area contributed by atoms with Crippen LogP contribution in [0.3, 0.4) is 0 Å². The standard InChI is InChI=1S/C20H20F3NO3/c21-20(22,23)15-11-9-14(10-12-15)16-6-3-4-7-17(16)19(27)24-13-5-1-2-8-18(25)26/h3-4,6-7,9-12H,1-2,5,8,13H2,(H,24,27)(H,25,26). The number of carboxylic acid groups (broad SMARTS) is 1. The van der Waals surface area contributed by atoms with E-state index in [1.54, 1.807) is 24.3 Å². The number of unbranched alkanes of at least 4 members (excludes halogenated alkanes) is 2. The van der Waals surface area contributed by atoms with Gasteiger partial charge in [-0.15, -0.1) is 0 Å². The van der Waals surface area contributed by atoms with Crippen LogP contribution >= 0.6 is 0 Å². The Hall–Kier alpha value is -2.83. The molecule has 0 saturated heterocycles. The Balaban J connectivity index is 2.02. The number of carbonyl (C=O) groups is 2. The molecule has 0 aliphatic heterocycles. The van der Waals surface area contributed by atoms with Crippen LogP contribution in [0.5, 0.6) is 0 Å².